The third-order valence-electron chi connectivity index (χ3n) is 3.25. The molecule has 4 heteroatoms. The lowest BCUT2D eigenvalue weighted by molar-refractivity contribution is 0.204. The maximum Gasteiger partial charge on any atom is 0.143 e. The van der Waals surface area contributed by atoms with Crippen LogP contribution in [0.15, 0.2) is 24.3 Å². The molecule has 18 heavy (non-hydrogen) atoms. The van der Waals surface area contributed by atoms with Crippen LogP contribution in [0, 0.1) is 23.1 Å². The molecule has 1 aliphatic carbocycles. The predicted molar refractivity (Wildman–Crippen MR) is 66.6 cm³/mol. The number of nitriles is 1. The molecule has 0 aromatic heterocycles. The van der Waals surface area contributed by atoms with Gasteiger partial charge in [0.25, 0.3) is 0 Å². The number of rotatable bonds is 6. The van der Waals surface area contributed by atoms with Gasteiger partial charge in [-0.25, -0.2) is 4.39 Å². The Balaban J connectivity index is 2.01. The van der Waals surface area contributed by atoms with Crippen molar-refractivity contribution in [2.45, 2.75) is 25.3 Å². The first kappa shape index (κ1) is 12.8. The van der Waals surface area contributed by atoms with Gasteiger partial charge in [0.1, 0.15) is 23.7 Å². The second-order valence-corrected chi connectivity index (χ2v) is 4.63. The van der Waals surface area contributed by atoms with Gasteiger partial charge in [0.2, 0.25) is 0 Å². The SMILES string of the molecule is CCNC(C#N)(COc1ccc(F)cc1)C1CC1. The summed E-state index contributed by atoms with van der Waals surface area (Å²) in [7, 11) is 0. The summed E-state index contributed by atoms with van der Waals surface area (Å²) in [4.78, 5) is 0. The van der Waals surface area contributed by atoms with E-state index in [1.165, 1.54) is 12.1 Å². The third-order valence-corrected chi connectivity index (χ3v) is 3.25. The van der Waals surface area contributed by atoms with E-state index < -0.39 is 5.54 Å². The van der Waals surface area contributed by atoms with E-state index in [0.29, 0.717) is 18.3 Å². The first-order valence-electron chi connectivity index (χ1n) is 6.25. The van der Waals surface area contributed by atoms with Crippen LogP contribution in [0.1, 0.15) is 19.8 Å². The van der Waals surface area contributed by atoms with Gasteiger partial charge >= 0.3 is 0 Å². The van der Waals surface area contributed by atoms with Crippen molar-refractivity contribution >= 4 is 0 Å². The Hall–Kier alpha value is -1.60. The van der Waals surface area contributed by atoms with Crippen LogP contribution in [-0.2, 0) is 0 Å². The highest BCUT2D eigenvalue weighted by molar-refractivity contribution is 5.24. The van der Waals surface area contributed by atoms with Crippen molar-refractivity contribution in [1.82, 2.24) is 5.32 Å². The van der Waals surface area contributed by atoms with Gasteiger partial charge < -0.3 is 4.74 Å². The van der Waals surface area contributed by atoms with Gasteiger partial charge in [-0.3, -0.25) is 5.32 Å². The highest BCUT2D eigenvalue weighted by Gasteiger charge is 2.46. The molecule has 1 N–H and O–H groups in total. The van der Waals surface area contributed by atoms with Gasteiger partial charge in [-0.05, 0) is 49.6 Å². The largest absolute Gasteiger partial charge is 0.491 e. The smallest absolute Gasteiger partial charge is 0.143 e. The number of likely N-dealkylation sites (N-methyl/N-ethyl adjacent to an activating group) is 1. The molecular formula is C14H17FN2O. The fraction of sp³-hybridized carbons (Fsp3) is 0.500. The third kappa shape index (κ3) is 2.80. The van der Waals surface area contributed by atoms with E-state index in [1.807, 2.05) is 6.92 Å². The molecule has 0 radical (unpaired) electrons. The molecule has 96 valence electrons. The lowest BCUT2D eigenvalue weighted by Crippen LogP contribution is -2.50. The van der Waals surface area contributed by atoms with Gasteiger partial charge in [0.05, 0.1) is 6.07 Å². The van der Waals surface area contributed by atoms with Crippen molar-refractivity contribution < 1.29 is 9.13 Å². The standard InChI is InChI=1S/C14H17FN2O/c1-2-17-14(9-16,11-3-4-11)10-18-13-7-5-12(15)6-8-13/h5-8,11,17H,2-4,10H2,1H3. The molecule has 1 fully saturated rings. The highest BCUT2D eigenvalue weighted by atomic mass is 19.1. The van der Waals surface area contributed by atoms with E-state index in [1.54, 1.807) is 12.1 Å². The number of nitrogens with one attached hydrogen (secondary N) is 1. The van der Waals surface area contributed by atoms with Crippen LogP contribution >= 0.6 is 0 Å². The van der Waals surface area contributed by atoms with Gasteiger partial charge in [-0.2, -0.15) is 5.26 Å². The average Bonchev–Trinajstić information content (AvgIpc) is 3.21. The molecule has 0 aliphatic heterocycles. The summed E-state index contributed by atoms with van der Waals surface area (Å²) >= 11 is 0. The highest BCUT2D eigenvalue weighted by Crippen LogP contribution is 2.39. The molecule has 3 nitrogen and oxygen atoms in total. The Bertz CT molecular complexity index is 436. The molecule has 1 aliphatic rings. The lowest BCUT2D eigenvalue weighted by atomic mass is 9.96. The average molecular weight is 248 g/mol. The van der Waals surface area contributed by atoms with Gasteiger partial charge in [0, 0.05) is 0 Å². The van der Waals surface area contributed by atoms with Crippen molar-refractivity contribution in [2.75, 3.05) is 13.2 Å². The zero-order chi connectivity index (χ0) is 13.0. The molecule has 0 spiro atoms. The summed E-state index contributed by atoms with van der Waals surface area (Å²) in [5.74, 6) is 0.667. The molecule has 1 unspecified atom stereocenters. The normalized spacial score (nSPS) is 17.8. The number of benzene rings is 1. The topological polar surface area (TPSA) is 45.0 Å². The van der Waals surface area contributed by atoms with E-state index in [2.05, 4.69) is 11.4 Å². The molecular weight excluding hydrogens is 231 g/mol. The van der Waals surface area contributed by atoms with Gasteiger partial charge in [-0.1, -0.05) is 6.92 Å². The van der Waals surface area contributed by atoms with Crippen molar-refractivity contribution in [3.05, 3.63) is 30.1 Å². The molecule has 1 atom stereocenters. The number of ether oxygens (including phenoxy) is 1. The number of nitrogens with zero attached hydrogens (tertiary/aromatic N) is 1. The Morgan fingerprint density at radius 3 is 2.61 bits per heavy atom. The monoisotopic (exact) mass is 248 g/mol. The number of hydrogen-bond donors (Lipinski definition) is 1. The van der Waals surface area contributed by atoms with E-state index in [0.717, 1.165) is 19.4 Å². The summed E-state index contributed by atoms with van der Waals surface area (Å²) in [5.41, 5.74) is -0.608. The Morgan fingerprint density at radius 2 is 2.11 bits per heavy atom. The minimum Gasteiger partial charge on any atom is -0.491 e. The van der Waals surface area contributed by atoms with Crippen LogP contribution in [0.3, 0.4) is 0 Å². The minimum atomic E-state index is -0.608. The fourth-order valence-corrected chi connectivity index (χ4v) is 2.10. The Kier molecular flexibility index (Phi) is 3.83. The van der Waals surface area contributed by atoms with Gasteiger partial charge in [0.15, 0.2) is 0 Å². The van der Waals surface area contributed by atoms with E-state index in [9.17, 15) is 9.65 Å². The van der Waals surface area contributed by atoms with Crippen molar-refractivity contribution in [2.24, 2.45) is 5.92 Å². The van der Waals surface area contributed by atoms with Crippen molar-refractivity contribution in [3.63, 3.8) is 0 Å². The van der Waals surface area contributed by atoms with Crippen LogP contribution in [-0.4, -0.2) is 18.7 Å². The molecule has 0 saturated heterocycles. The quantitative estimate of drug-likeness (QED) is 0.841. The van der Waals surface area contributed by atoms with Crippen LogP contribution in [0.4, 0.5) is 4.39 Å². The van der Waals surface area contributed by atoms with Crippen LogP contribution in [0.5, 0.6) is 5.75 Å². The first-order chi connectivity index (χ1) is 8.70. The molecule has 1 aromatic carbocycles. The molecule has 2 rings (SSSR count). The predicted octanol–water partition coefficient (Wildman–Crippen LogP) is 2.49. The fourth-order valence-electron chi connectivity index (χ4n) is 2.10. The van der Waals surface area contributed by atoms with Crippen LogP contribution < -0.4 is 10.1 Å². The van der Waals surface area contributed by atoms with Crippen molar-refractivity contribution in [1.29, 1.82) is 5.26 Å². The maximum absolute atomic E-state index is 12.8. The van der Waals surface area contributed by atoms with Gasteiger partial charge in [-0.15, -0.1) is 0 Å². The second kappa shape index (κ2) is 5.36. The van der Waals surface area contributed by atoms with E-state index in [4.69, 9.17) is 4.74 Å². The number of halogens is 1. The minimum absolute atomic E-state index is 0.289. The molecule has 0 bridgehead atoms. The van der Waals surface area contributed by atoms with E-state index in [-0.39, 0.29) is 5.82 Å². The molecule has 1 aromatic rings. The first-order valence-corrected chi connectivity index (χ1v) is 6.25. The van der Waals surface area contributed by atoms with Crippen LogP contribution in [0.25, 0.3) is 0 Å². The number of hydrogen-bond acceptors (Lipinski definition) is 3. The summed E-state index contributed by atoms with van der Waals surface area (Å²) in [5, 5.41) is 12.6. The van der Waals surface area contributed by atoms with E-state index >= 15 is 0 Å². The molecule has 0 amide bonds. The van der Waals surface area contributed by atoms with Crippen molar-refractivity contribution in [3.8, 4) is 11.8 Å². The summed E-state index contributed by atoms with van der Waals surface area (Å²) in [6, 6.07) is 8.22. The maximum atomic E-state index is 12.8. The Morgan fingerprint density at radius 1 is 1.44 bits per heavy atom. The molecule has 0 heterocycles. The summed E-state index contributed by atoms with van der Waals surface area (Å²) in [6.07, 6.45) is 2.13. The second-order valence-electron chi connectivity index (χ2n) is 4.63. The molecule has 1 saturated carbocycles. The Labute approximate surface area is 107 Å². The zero-order valence-electron chi connectivity index (χ0n) is 10.4. The zero-order valence-corrected chi connectivity index (χ0v) is 10.4. The lowest BCUT2D eigenvalue weighted by Gasteiger charge is -2.27. The summed E-state index contributed by atoms with van der Waals surface area (Å²) in [6.45, 7) is 3.01. The summed E-state index contributed by atoms with van der Waals surface area (Å²) < 4.78 is 18.4. The van der Waals surface area contributed by atoms with Crippen LogP contribution in [0.2, 0.25) is 0 Å².